The molecule has 0 fully saturated rings. The minimum Gasteiger partial charge on any atom is -0.497 e. The van der Waals surface area contributed by atoms with Crippen molar-refractivity contribution in [3.05, 3.63) is 42.6 Å². The molecular weight excluding hydrogens is 300 g/mol. The summed E-state index contributed by atoms with van der Waals surface area (Å²) < 4.78 is 10.4. The molecule has 1 aromatic heterocycles. The third-order valence-electron chi connectivity index (χ3n) is 2.97. The van der Waals surface area contributed by atoms with E-state index in [1.54, 1.807) is 38.6 Å². The number of nitrogens with one attached hydrogen (secondary N) is 1. The molecule has 116 valence electrons. The highest BCUT2D eigenvalue weighted by atomic mass is 32.2. The van der Waals surface area contributed by atoms with Crippen molar-refractivity contribution < 1.29 is 14.3 Å². The number of thioether (sulfide) groups is 1. The third kappa shape index (κ3) is 4.14. The summed E-state index contributed by atoms with van der Waals surface area (Å²) in [5.74, 6) is 1.12. The first-order chi connectivity index (χ1) is 10.6. The molecule has 0 aliphatic carbocycles. The fourth-order valence-electron chi connectivity index (χ4n) is 1.80. The predicted octanol–water partition coefficient (Wildman–Crippen LogP) is 3.22. The van der Waals surface area contributed by atoms with Crippen LogP contribution in [0.15, 0.2) is 47.6 Å². The van der Waals surface area contributed by atoms with E-state index in [9.17, 15) is 4.79 Å². The number of carbonyl (C=O) groups excluding carboxylic acids is 1. The molecular formula is C16H18N2O3S. The zero-order valence-electron chi connectivity index (χ0n) is 12.7. The Balaban J connectivity index is 2.07. The highest BCUT2D eigenvalue weighted by Gasteiger charge is 2.17. The normalized spacial score (nSPS) is 11.6. The maximum Gasteiger partial charge on any atom is 0.237 e. The molecule has 0 aliphatic heterocycles. The van der Waals surface area contributed by atoms with Gasteiger partial charge in [-0.15, -0.1) is 0 Å². The molecule has 1 aromatic carbocycles. The van der Waals surface area contributed by atoms with Crippen molar-refractivity contribution in [1.82, 2.24) is 4.98 Å². The van der Waals surface area contributed by atoms with Gasteiger partial charge in [-0.1, -0.05) is 17.8 Å². The van der Waals surface area contributed by atoms with Crippen LogP contribution in [0.25, 0.3) is 0 Å². The van der Waals surface area contributed by atoms with Crippen molar-refractivity contribution >= 4 is 23.4 Å². The number of benzene rings is 1. The molecule has 1 atom stereocenters. The summed E-state index contributed by atoms with van der Waals surface area (Å²) in [5.41, 5.74) is 0.584. The molecule has 0 saturated heterocycles. The van der Waals surface area contributed by atoms with E-state index in [4.69, 9.17) is 9.47 Å². The number of ether oxygens (including phenoxy) is 2. The number of rotatable bonds is 6. The van der Waals surface area contributed by atoms with E-state index >= 15 is 0 Å². The Bertz CT molecular complexity index is 635. The van der Waals surface area contributed by atoms with Crippen LogP contribution in [0.1, 0.15) is 6.92 Å². The zero-order valence-corrected chi connectivity index (χ0v) is 13.5. The topological polar surface area (TPSA) is 60.5 Å². The van der Waals surface area contributed by atoms with Gasteiger partial charge in [0.05, 0.1) is 30.2 Å². The van der Waals surface area contributed by atoms with Crippen molar-refractivity contribution in [3.63, 3.8) is 0 Å². The summed E-state index contributed by atoms with van der Waals surface area (Å²) in [4.78, 5) is 16.5. The lowest BCUT2D eigenvalue weighted by Gasteiger charge is -2.14. The Morgan fingerprint density at radius 1 is 1.23 bits per heavy atom. The van der Waals surface area contributed by atoms with Crippen molar-refractivity contribution in [3.8, 4) is 11.5 Å². The zero-order chi connectivity index (χ0) is 15.9. The van der Waals surface area contributed by atoms with Crippen LogP contribution in [0.5, 0.6) is 11.5 Å². The fourth-order valence-corrected chi connectivity index (χ4v) is 2.60. The van der Waals surface area contributed by atoms with Gasteiger partial charge in [0.25, 0.3) is 0 Å². The maximum absolute atomic E-state index is 12.3. The van der Waals surface area contributed by atoms with Gasteiger partial charge in [-0.25, -0.2) is 4.98 Å². The molecule has 0 unspecified atom stereocenters. The molecule has 0 spiro atoms. The van der Waals surface area contributed by atoms with Gasteiger partial charge in [-0.3, -0.25) is 4.79 Å². The lowest BCUT2D eigenvalue weighted by molar-refractivity contribution is -0.115. The lowest BCUT2D eigenvalue weighted by Crippen LogP contribution is -2.22. The Kier molecular flexibility index (Phi) is 5.66. The predicted molar refractivity (Wildman–Crippen MR) is 87.7 cm³/mol. The van der Waals surface area contributed by atoms with Crippen LogP contribution in [0.2, 0.25) is 0 Å². The fraction of sp³-hybridized carbons (Fsp3) is 0.250. The van der Waals surface area contributed by atoms with E-state index in [1.165, 1.54) is 11.8 Å². The molecule has 1 amide bonds. The van der Waals surface area contributed by atoms with E-state index in [-0.39, 0.29) is 11.2 Å². The second kappa shape index (κ2) is 7.70. The molecule has 1 heterocycles. The number of amides is 1. The molecule has 2 aromatic rings. The Labute approximate surface area is 134 Å². The Hall–Kier alpha value is -2.21. The van der Waals surface area contributed by atoms with Gasteiger partial charge in [0, 0.05) is 12.3 Å². The molecule has 1 N–H and O–H groups in total. The van der Waals surface area contributed by atoms with Crippen molar-refractivity contribution in [2.75, 3.05) is 19.5 Å². The van der Waals surface area contributed by atoms with E-state index in [0.717, 1.165) is 5.03 Å². The van der Waals surface area contributed by atoms with Gasteiger partial charge < -0.3 is 14.8 Å². The molecule has 0 radical (unpaired) electrons. The molecule has 2 rings (SSSR count). The van der Waals surface area contributed by atoms with E-state index in [1.807, 2.05) is 25.1 Å². The second-order valence-electron chi connectivity index (χ2n) is 4.48. The molecule has 0 aliphatic rings. The van der Waals surface area contributed by atoms with Gasteiger partial charge >= 0.3 is 0 Å². The first-order valence-electron chi connectivity index (χ1n) is 6.74. The van der Waals surface area contributed by atoms with Crippen LogP contribution in [-0.2, 0) is 4.79 Å². The number of nitrogens with zero attached hydrogens (tertiary/aromatic N) is 1. The average Bonchev–Trinajstić information content (AvgIpc) is 2.55. The van der Waals surface area contributed by atoms with Crippen LogP contribution in [-0.4, -0.2) is 30.4 Å². The first-order valence-corrected chi connectivity index (χ1v) is 7.62. The summed E-state index contributed by atoms with van der Waals surface area (Å²) in [6, 6.07) is 10.9. The summed E-state index contributed by atoms with van der Waals surface area (Å²) in [7, 11) is 3.14. The van der Waals surface area contributed by atoms with E-state index < -0.39 is 0 Å². The Morgan fingerprint density at radius 3 is 2.68 bits per heavy atom. The van der Waals surface area contributed by atoms with E-state index in [2.05, 4.69) is 10.3 Å². The first kappa shape index (κ1) is 16.2. The monoisotopic (exact) mass is 318 g/mol. The van der Waals surface area contributed by atoms with Gasteiger partial charge in [-0.2, -0.15) is 0 Å². The second-order valence-corrected chi connectivity index (χ2v) is 5.84. The SMILES string of the molecule is COc1ccc(OC)c(NC(=O)[C@@H](C)Sc2ccccn2)c1. The van der Waals surface area contributed by atoms with Crippen molar-refractivity contribution in [1.29, 1.82) is 0 Å². The number of hydrogen-bond acceptors (Lipinski definition) is 5. The summed E-state index contributed by atoms with van der Waals surface area (Å²) in [6.45, 7) is 1.83. The molecule has 22 heavy (non-hydrogen) atoms. The van der Waals surface area contributed by atoms with Crippen molar-refractivity contribution in [2.24, 2.45) is 0 Å². The van der Waals surface area contributed by atoms with E-state index in [0.29, 0.717) is 17.2 Å². The van der Waals surface area contributed by atoms with Gasteiger partial charge in [-0.05, 0) is 31.2 Å². The third-order valence-corrected chi connectivity index (χ3v) is 4.02. The largest absolute Gasteiger partial charge is 0.497 e. The minimum absolute atomic E-state index is 0.123. The number of anilines is 1. The van der Waals surface area contributed by atoms with Crippen LogP contribution in [0.3, 0.4) is 0 Å². The van der Waals surface area contributed by atoms with Crippen LogP contribution in [0, 0.1) is 0 Å². The quantitative estimate of drug-likeness (QED) is 0.829. The molecule has 5 nitrogen and oxygen atoms in total. The molecule has 0 saturated carbocycles. The molecule has 0 bridgehead atoms. The number of methoxy groups -OCH3 is 2. The van der Waals surface area contributed by atoms with Crippen LogP contribution in [0.4, 0.5) is 5.69 Å². The van der Waals surface area contributed by atoms with Crippen LogP contribution >= 0.6 is 11.8 Å². The standard InChI is InChI=1S/C16H18N2O3S/c1-11(22-15-6-4-5-9-17-15)16(19)18-13-10-12(20-2)7-8-14(13)21-3/h4-11H,1-3H3,(H,18,19)/t11-/m1/s1. The van der Waals surface area contributed by atoms with Gasteiger partial charge in [0.1, 0.15) is 11.5 Å². The number of pyridine rings is 1. The van der Waals surface area contributed by atoms with Crippen molar-refractivity contribution in [2.45, 2.75) is 17.2 Å². The highest BCUT2D eigenvalue weighted by molar-refractivity contribution is 8.00. The smallest absolute Gasteiger partial charge is 0.237 e. The number of aromatic nitrogens is 1. The molecule has 6 heteroatoms. The summed E-state index contributed by atoms with van der Waals surface area (Å²) in [5, 5.41) is 3.39. The van der Waals surface area contributed by atoms with Gasteiger partial charge in [0.2, 0.25) is 5.91 Å². The van der Waals surface area contributed by atoms with Crippen LogP contribution < -0.4 is 14.8 Å². The summed E-state index contributed by atoms with van der Waals surface area (Å²) in [6.07, 6.45) is 1.71. The summed E-state index contributed by atoms with van der Waals surface area (Å²) >= 11 is 1.40. The Morgan fingerprint density at radius 2 is 2.05 bits per heavy atom. The maximum atomic E-state index is 12.3. The number of carbonyl (C=O) groups is 1. The highest BCUT2D eigenvalue weighted by Crippen LogP contribution is 2.30. The minimum atomic E-state index is -0.286. The lowest BCUT2D eigenvalue weighted by atomic mass is 10.2. The average molecular weight is 318 g/mol. The number of hydrogen-bond donors (Lipinski definition) is 1. The van der Waals surface area contributed by atoms with Gasteiger partial charge in [0.15, 0.2) is 0 Å².